The van der Waals surface area contributed by atoms with E-state index >= 15 is 0 Å². The fourth-order valence-corrected chi connectivity index (χ4v) is 4.24. The van der Waals surface area contributed by atoms with Gasteiger partial charge in [-0.2, -0.15) is 0 Å². The lowest BCUT2D eigenvalue weighted by Crippen LogP contribution is -2.27. The van der Waals surface area contributed by atoms with E-state index in [1.807, 2.05) is 13.0 Å². The molecule has 5 heteroatoms. The Morgan fingerprint density at radius 3 is 2.35 bits per heavy atom. The number of nitrogens with one attached hydrogen (secondary N) is 1. The Labute approximate surface area is 136 Å². The highest BCUT2D eigenvalue weighted by molar-refractivity contribution is 7.89. The van der Waals surface area contributed by atoms with Crippen LogP contribution in [0.3, 0.4) is 0 Å². The van der Waals surface area contributed by atoms with Crippen LogP contribution in [-0.2, 0) is 22.9 Å². The molecule has 0 saturated heterocycles. The van der Waals surface area contributed by atoms with Gasteiger partial charge < -0.3 is 0 Å². The van der Waals surface area contributed by atoms with E-state index in [4.69, 9.17) is 0 Å². The standard InChI is InChI=1S/C18H20FNO2S/c1-13(15-7-6-14-4-2-3-5-16(14)12-15)20-23(21,22)18-10-8-17(19)9-11-18/h6-13,20H,2-5H2,1H3. The second-order valence-electron chi connectivity index (χ2n) is 6.03. The van der Waals surface area contributed by atoms with Crippen LogP contribution in [0, 0.1) is 5.82 Å². The van der Waals surface area contributed by atoms with E-state index in [9.17, 15) is 12.8 Å². The first-order valence-electron chi connectivity index (χ1n) is 7.85. The Hall–Kier alpha value is -1.72. The fourth-order valence-electron chi connectivity index (χ4n) is 3.01. The van der Waals surface area contributed by atoms with E-state index in [2.05, 4.69) is 16.9 Å². The van der Waals surface area contributed by atoms with Crippen molar-refractivity contribution in [2.45, 2.75) is 43.5 Å². The molecule has 122 valence electrons. The highest BCUT2D eigenvalue weighted by atomic mass is 32.2. The normalized spacial score (nSPS) is 15.9. The van der Waals surface area contributed by atoms with Crippen molar-refractivity contribution in [3.8, 4) is 0 Å². The lowest BCUT2D eigenvalue weighted by molar-refractivity contribution is 0.566. The molecular weight excluding hydrogens is 313 g/mol. The van der Waals surface area contributed by atoms with Crippen LogP contribution in [0.15, 0.2) is 47.4 Å². The third-order valence-electron chi connectivity index (χ3n) is 4.33. The van der Waals surface area contributed by atoms with Crippen molar-refractivity contribution in [3.63, 3.8) is 0 Å². The molecule has 23 heavy (non-hydrogen) atoms. The molecule has 0 bridgehead atoms. The monoisotopic (exact) mass is 333 g/mol. The Morgan fingerprint density at radius 1 is 1.00 bits per heavy atom. The van der Waals surface area contributed by atoms with Crippen LogP contribution >= 0.6 is 0 Å². The molecule has 0 heterocycles. The first-order chi connectivity index (χ1) is 11.0. The van der Waals surface area contributed by atoms with Gasteiger partial charge in [-0.1, -0.05) is 18.2 Å². The van der Waals surface area contributed by atoms with E-state index in [1.54, 1.807) is 0 Å². The molecule has 1 aliphatic rings. The number of aryl methyl sites for hydroxylation is 2. The minimum Gasteiger partial charge on any atom is -0.207 e. The second-order valence-corrected chi connectivity index (χ2v) is 7.75. The second kappa shape index (κ2) is 6.42. The number of benzene rings is 2. The highest BCUT2D eigenvalue weighted by Crippen LogP contribution is 2.25. The number of halogens is 1. The molecular formula is C18H20FNO2S. The molecule has 0 spiro atoms. The molecule has 2 aromatic carbocycles. The average Bonchev–Trinajstić information content (AvgIpc) is 2.54. The van der Waals surface area contributed by atoms with Crippen molar-refractivity contribution in [2.75, 3.05) is 0 Å². The molecule has 3 rings (SSSR count). The number of hydrogen-bond acceptors (Lipinski definition) is 2. The van der Waals surface area contributed by atoms with Gasteiger partial charge in [0.2, 0.25) is 10.0 Å². The summed E-state index contributed by atoms with van der Waals surface area (Å²) in [7, 11) is -3.66. The van der Waals surface area contributed by atoms with Crippen LogP contribution in [0.25, 0.3) is 0 Å². The first kappa shape index (κ1) is 16.1. The molecule has 1 unspecified atom stereocenters. The molecule has 0 aromatic heterocycles. The molecule has 0 radical (unpaired) electrons. The van der Waals surface area contributed by atoms with Crippen molar-refractivity contribution in [1.82, 2.24) is 4.72 Å². The van der Waals surface area contributed by atoms with Crippen molar-refractivity contribution >= 4 is 10.0 Å². The Morgan fingerprint density at radius 2 is 1.65 bits per heavy atom. The number of sulfonamides is 1. The lowest BCUT2D eigenvalue weighted by atomic mass is 9.89. The highest BCUT2D eigenvalue weighted by Gasteiger charge is 2.19. The third-order valence-corrected chi connectivity index (χ3v) is 5.89. The zero-order valence-electron chi connectivity index (χ0n) is 13.0. The van der Waals surface area contributed by atoms with Gasteiger partial charge in [-0.3, -0.25) is 0 Å². The summed E-state index contributed by atoms with van der Waals surface area (Å²) in [6, 6.07) is 10.7. The molecule has 1 atom stereocenters. The van der Waals surface area contributed by atoms with Crippen LogP contribution in [0.2, 0.25) is 0 Å². The number of rotatable bonds is 4. The summed E-state index contributed by atoms with van der Waals surface area (Å²) in [6.07, 6.45) is 4.57. The van der Waals surface area contributed by atoms with Gasteiger partial charge in [-0.05, 0) is 73.6 Å². The van der Waals surface area contributed by atoms with E-state index < -0.39 is 15.8 Å². The Bertz CT molecular complexity index is 800. The van der Waals surface area contributed by atoms with Crippen LogP contribution in [0.4, 0.5) is 4.39 Å². The molecule has 2 aromatic rings. The maximum Gasteiger partial charge on any atom is 0.241 e. The zero-order valence-corrected chi connectivity index (χ0v) is 13.9. The maximum atomic E-state index is 12.9. The summed E-state index contributed by atoms with van der Waals surface area (Å²) >= 11 is 0. The van der Waals surface area contributed by atoms with Crippen LogP contribution in [-0.4, -0.2) is 8.42 Å². The van der Waals surface area contributed by atoms with Gasteiger partial charge in [0, 0.05) is 6.04 Å². The van der Waals surface area contributed by atoms with Crippen molar-refractivity contribution in [2.24, 2.45) is 0 Å². The van der Waals surface area contributed by atoms with Crippen molar-refractivity contribution in [1.29, 1.82) is 0 Å². The summed E-state index contributed by atoms with van der Waals surface area (Å²) < 4.78 is 40.4. The molecule has 0 saturated carbocycles. The van der Waals surface area contributed by atoms with Gasteiger partial charge in [0.05, 0.1) is 4.90 Å². The van der Waals surface area contributed by atoms with Crippen LogP contribution in [0.5, 0.6) is 0 Å². The van der Waals surface area contributed by atoms with Crippen LogP contribution in [0.1, 0.15) is 42.5 Å². The summed E-state index contributed by atoms with van der Waals surface area (Å²) in [5.74, 6) is -0.452. The van der Waals surface area contributed by atoms with Gasteiger partial charge in [-0.15, -0.1) is 0 Å². The predicted molar refractivity (Wildman–Crippen MR) is 88.2 cm³/mol. The van der Waals surface area contributed by atoms with E-state index in [1.165, 1.54) is 36.1 Å². The summed E-state index contributed by atoms with van der Waals surface area (Å²) in [5.41, 5.74) is 3.64. The minimum absolute atomic E-state index is 0.0729. The van der Waals surface area contributed by atoms with E-state index in [0.29, 0.717) is 0 Å². The van der Waals surface area contributed by atoms with Crippen molar-refractivity contribution < 1.29 is 12.8 Å². The molecule has 0 amide bonds. The lowest BCUT2D eigenvalue weighted by Gasteiger charge is -2.20. The quantitative estimate of drug-likeness (QED) is 0.926. The summed E-state index contributed by atoms with van der Waals surface area (Å²) in [5, 5.41) is 0. The van der Waals surface area contributed by atoms with E-state index in [0.717, 1.165) is 30.5 Å². The smallest absolute Gasteiger partial charge is 0.207 e. The zero-order chi connectivity index (χ0) is 16.4. The third kappa shape index (κ3) is 3.62. The molecule has 3 nitrogen and oxygen atoms in total. The fraction of sp³-hybridized carbons (Fsp3) is 0.333. The van der Waals surface area contributed by atoms with Gasteiger partial charge in [0.1, 0.15) is 5.82 Å². The molecule has 1 aliphatic carbocycles. The largest absolute Gasteiger partial charge is 0.241 e. The Kier molecular flexibility index (Phi) is 4.50. The summed E-state index contributed by atoms with van der Waals surface area (Å²) in [6.45, 7) is 1.83. The minimum atomic E-state index is -3.66. The van der Waals surface area contributed by atoms with Gasteiger partial charge in [-0.25, -0.2) is 17.5 Å². The van der Waals surface area contributed by atoms with Crippen LogP contribution < -0.4 is 4.72 Å². The topological polar surface area (TPSA) is 46.2 Å². The molecule has 1 N–H and O–H groups in total. The first-order valence-corrected chi connectivity index (χ1v) is 9.33. The SMILES string of the molecule is CC(NS(=O)(=O)c1ccc(F)cc1)c1ccc2c(c1)CCCC2. The van der Waals surface area contributed by atoms with Crippen molar-refractivity contribution in [3.05, 3.63) is 65.0 Å². The van der Waals surface area contributed by atoms with E-state index in [-0.39, 0.29) is 10.9 Å². The average molecular weight is 333 g/mol. The van der Waals surface area contributed by atoms with Gasteiger partial charge in [0.25, 0.3) is 0 Å². The number of hydrogen-bond donors (Lipinski definition) is 1. The summed E-state index contributed by atoms with van der Waals surface area (Å²) in [4.78, 5) is 0.0729. The molecule has 0 aliphatic heterocycles. The predicted octanol–water partition coefficient (Wildman–Crippen LogP) is 3.74. The molecule has 0 fully saturated rings. The number of fused-ring (bicyclic) bond motifs is 1. The van der Waals surface area contributed by atoms with Gasteiger partial charge in [0.15, 0.2) is 0 Å². The Balaban J connectivity index is 1.80. The van der Waals surface area contributed by atoms with Gasteiger partial charge >= 0.3 is 0 Å². The maximum absolute atomic E-state index is 12.9.